The largest absolute Gasteiger partial charge is 0.0800 e. The summed E-state index contributed by atoms with van der Waals surface area (Å²) >= 11 is 3.48. The van der Waals surface area contributed by atoms with Gasteiger partial charge in [0, 0.05) is 4.47 Å². The molecule has 0 nitrogen and oxygen atoms in total. The van der Waals surface area contributed by atoms with Crippen LogP contribution in [0.15, 0.2) is 59.1 Å². The Bertz CT molecular complexity index is 579. The number of aryl methyl sites for hydroxylation is 1. The zero-order valence-corrected chi connectivity index (χ0v) is 11.8. The molecule has 0 amide bonds. The maximum absolute atomic E-state index is 3.48. The van der Waals surface area contributed by atoms with Gasteiger partial charge in [0.2, 0.25) is 0 Å². The molecule has 0 bridgehead atoms. The van der Waals surface area contributed by atoms with Crippen molar-refractivity contribution >= 4 is 21.5 Å². The molecule has 2 aromatic rings. The van der Waals surface area contributed by atoms with E-state index in [1.807, 2.05) is 0 Å². The van der Waals surface area contributed by atoms with Crippen LogP contribution in [0.2, 0.25) is 0 Å². The highest BCUT2D eigenvalue weighted by molar-refractivity contribution is 9.10. The predicted molar refractivity (Wildman–Crippen MR) is 80.6 cm³/mol. The number of halogens is 1. The van der Waals surface area contributed by atoms with Crippen molar-refractivity contribution in [3.63, 3.8) is 0 Å². The summed E-state index contributed by atoms with van der Waals surface area (Å²) in [4.78, 5) is 0. The van der Waals surface area contributed by atoms with Gasteiger partial charge in [0.15, 0.2) is 0 Å². The van der Waals surface area contributed by atoms with E-state index in [4.69, 9.17) is 0 Å². The Balaban J connectivity index is 1.89. The van der Waals surface area contributed by atoms with Crippen molar-refractivity contribution in [2.75, 3.05) is 0 Å². The third-order valence-corrected chi connectivity index (χ3v) is 4.00. The molecule has 1 aliphatic carbocycles. The molecule has 2 aromatic carbocycles. The van der Waals surface area contributed by atoms with Gasteiger partial charge >= 0.3 is 0 Å². The van der Waals surface area contributed by atoms with Gasteiger partial charge in [-0.25, -0.2) is 0 Å². The average Bonchev–Trinajstić information content (AvgIpc) is 2.42. The maximum atomic E-state index is 3.48. The smallest absolute Gasteiger partial charge is 0.0175 e. The summed E-state index contributed by atoms with van der Waals surface area (Å²) in [5.41, 5.74) is 5.78. The normalized spacial score (nSPS) is 13.9. The molecule has 1 aliphatic rings. The summed E-state index contributed by atoms with van der Waals surface area (Å²) in [6.07, 6.45) is 5.78. The first kappa shape index (κ1) is 11.7. The van der Waals surface area contributed by atoms with Gasteiger partial charge in [-0.15, -0.1) is 0 Å². The molecule has 0 fully saturated rings. The Kier molecular flexibility index (Phi) is 3.33. The van der Waals surface area contributed by atoms with E-state index < -0.39 is 0 Å². The molecule has 0 spiro atoms. The quantitative estimate of drug-likeness (QED) is 0.730. The molecule has 0 radical (unpaired) electrons. The fourth-order valence-electron chi connectivity index (χ4n) is 2.55. The number of benzene rings is 2. The second kappa shape index (κ2) is 5.11. The van der Waals surface area contributed by atoms with E-state index in [0.717, 1.165) is 10.9 Å². The zero-order valence-electron chi connectivity index (χ0n) is 10.2. The lowest BCUT2D eigenvalue weighted by molar-refractivity contribution is 0.966. The highest BCUT2D eigenvalue weighted by Gasteiger charge is 2.11. The third-order valence-electron chi connectivity index (χ3n) is 3.48. The Morgan fingerprint density at radius 3 is 2.56 bits per heavy atom. The SMILES string of the molecule is Brc1ccc(CC2=CCCc3ccccc32)cc1. The van der Waals surface area contributed by atoms with Crippen LogP contribution in [0.3, 0.4) is 0 Å². The van der Waals surface area contributed by atoms with E-state index in [0.29, 0.717) is 0 Å². The highest BCUT2D eigenvalue weighted by Crippen LogP contribution is 2.29. The van der Waals surface area contributed by atoms with E-state index in [2.05, 4.69) is 70.5 Å². The molecule has 0 aliphatic heterocycles. The van der Waals surface area contributed by atoms with Crippen LogP contribution in [0.1, 0.15) is 23.1 Å². The number of hydrogen-bond donors (Lipinski definition) is 0. The first-order valence-corrected chi connectivity index (χ1v) is 7.14. The van der Waals surface area contributed by atoms with Gasteiger partial charge in [-0.3, -0.25) is 0 Å². The first-order valence-electron chi connectivity index (χ1n) is 6.35. The van der Waals surface area contributed by atoms with Crippen molar-refractivity contribution in [1.82, 2.24) is 0 Å². The summed E-state index contributed by atoms with van der Waals surface area (Å²) in [5.74, 6) is 0. The monoisotopic (exact) mass is 298 g/mol. The Hall–Kier alpha value is -1.34. The van der Waals surface area contributed by atoms with Crippen LogP contribution in [0.5, 0.6) is 0 Å². The van der Waals surface area contributed by atoms with E-state index in [1.54, 1.807) is 0 Å². The van der Waals surface area contributed by atoms with E-state index in [9.17, 15) is 0 Å². The summed E-state index contributed by atoms with van der Waals surface area (Å²) < 4.78 is 1.14. The van der Waals surface area contributed by atoms with Crippen LogP contribution in [0.4, 0.5) is 0 Å². The Labute approximate surface area is 116 Å². The highest BCUT2D eigenvalue weighted by atomic mass is 79.9. The van der Waals surface area contributed by atoms with Crippen molar-refractivity contribution in [2.45, 2.75) is 19.3 Å². The minimum Gasteiger partial charge on any atom is -0.0800 e. The zero-order chi connectivity index (χ0) is 12.4. The molecule has 0 atom stereocenters. The van der Waals surface area contributed by atoms with Crippen molar-refractivity contribution in [3.8, 4) is 0 Å². The summed E-state index contributed by atoms with van der Waals surface area (Å²) in [6, 6.07) is 17.4. The Morgan fingerprint density at radius 2 is 1.72 bits per heavy atom. The van der Waals surface area contributed by atoms with E-state index >= 15 is 0 Å². The third kappa shape index (κ3) is 2.41. The van der Waals surface area contributed by atoms with Crippen molar-refractivity contribution in [1.29, 1.82) is 0 Å². The molecule has 90 valence electrons. The number of hydrogen-bond acceptors (Lipinski definition) is 0. The summed E-state index contributed by atoms with van der Waals surface area (Å²) in [5, 5.41) is 0. The molecule has 3 rings (SSSR count). The number of allylic oxidation sites excluding steroid dienone is 2. The van der Waals surface area contributed by atoms with Crippen LogP contribution in [-0.2, 0) is 12.8 Å². The summed E-state index contributed by atoms with van der Waals surface area (Å²) in [7, 11) is 0. The predicted octanol–water partition coefficient (Wildman–Crippen LogP) is 5.02. The molecular weight excluding hydrogens is 284 g/mol. The second-order valence-corrected chi connectivity index (χ2v) is 5.64. The van der Waals surface area contributed by atoms with Gasteiger partial charge in [0.1, 0.15) is 0 Å². The minimum atomic E-state index is 1.03. The lowest BCUT2D eigenvalue weighted by atomic mass is 9.87. The molecule has 0 heterocycles. The molecule has 18 heavy (non-hydrogen) atoms. The first-order chi connectivity index (χ1) is 8.83. The molecule has 1 heteroatoms. The van der Waals surface area contributed by atoms with Crippen LogP contribution >= 0.6 is 15.9 Å². The molecule has 0 unspecified atom stereocenters. The van der Waals surface area contributed by atoms with Gasteiger partial charge in [-0.05, 0) is 53.7 Å². The molecule has 0 saturated carbocycles. The van der Waals surface area contributed by atoms with Crippen LogP contribution in [0.25, 0.3) is 5.57 Å². The maximum Gasteiger partial charge on any atom is 0.0175 e. The lowest BCUT2D eigenvalue weighted by Gasteiger charge is -2.17. The summed E-state index contributed by atoms with van der Waals surface area (Å²) in [6.45, 7) is 0. The number of rotatable bonds is 2. The molecular formula is C17H15Br. The van der Waals surface area contributed by atoms with Crippen LogP contribution < -0.4 is 0 Å². The van der Waals surface area contributed by atoms with Crippen LogP contribution in [-0.4, -0.2) is 0 Å². The number of fused-ring (bicyclic) bond motifs is 1. The van der Waals surface area contributed by atoms with Crippen molar-refractivity contribution in [2.24, 2.45) is 0 Å². The van der Waals surface area contributed by atoms with Crippen LogP contribution in [0, 0.1) is 0 Å². The molecule has 0 aromatic heterocycles. The fourth-order valence-corrected chi connectivity index (χ4v) is 2.82. The minimum absolute atomic E-state index is 1.03. The van der Waals surface area contributed by atoms with Gasteiger partial charge < -0.3 is 0 Å². The molecule has 0 saturated heterocycles. The average molecular weight is 299 g/mol. The van der Waals surface area contributed by atoms with Gasteiger partial charge in [0.25, 0.3) is 0 Å². The molecule has 0 N–H and O–H groups in total. The standard InChI is InChI=1S/C17H15Br/c18-16-10-8-13(9-11-16)12-15-6-3-5-14-4-1-2-7-17(14)15/h1-2,4,6-11H,3,5,12H2. The fraction of sp³-hybridized carbons (Fsp3) is 0.176. The second-order valence-electron chi connectivity index (χ2n) is 4.73. The topological polar surface area (TPSA) is 0 Å². The van der Waals surface area contributed by atoms with Gasteiger partial charge in [0.05, 0.1) is 0 Å². The van der Waals surface area contributed by atoms with E-state index in [1.165, 1.54) is 35.1 Å². The van der Waals surface area contributed by atoms with Gasteiger partial charge in [-0.1, -0.05) is 58.4 Å². The Morgan fingerprint density at radius 1 is 0.944 bits per heavy atom. The van der Waals surface area contributed by atoms with Crippen molar-refractivity contribution in [3.05, 3.63) is 75.8 Å². The van der Waals surface area contributed by atoms with Crippen molar-refractivity contribution < 1.29 is 0 Å². The van der Waals surface area contributed by atoms with E-state index in [-0.39, 0.29) is 0 Å². The lowest BCUT2D eigenvalue weighted by Crippen LogP contribution is -2.01. The van der Waals surface area contributed by atoms with Gasteiger partial charge in [-0.2, -0.15) is 0 Å².